The molecule has 4 rings (SSSR count). The van der Waals surface area contributed by atoms with Gasteiger partial charge >= 0.3 is 0 Å². The van der Waals surface area contributed by atoms with Crippen LogP contribution in [0.2, 0.25) is 0 Å². The van der Waals surface area contributed by atoms with Crippen LogP contribution < -0.4 is 0 Å². The van der Waals surface area contributed by atoms with Crippen LogP contribution in [-0.4, -0.2) is 0 Å². The first kappa shape index (κ1) is 13.5. The Balaban J connectivity index is 2.11. The van der Waals surface area contributed by atoms with Crippen molar-refractivity contribution < 1.29 is 0 Å². The highest BCUT2D eigenvalue weighted by atomic mass is 79.9. The van der Waals surface area contributed by atoms with Gasteiger partial charge in [0, 0.05) is 24.6 Å². The van der Waals surface area contributed by atoms with Gasteiger partial charge in [0.15, 0.2) is 0 Å². The third kappa shape index (κ3) is 2.24. The summed E-state index contributed by atoms with van der Waals surface area (Å²) in [7, 11) is 0. The van der Waals surface area contributed by atoms with E-state index < -0.39 is 0 Å². The Hall–Kier alpha value is -1.16. The maximum absolute atomic E-state index is 3.79. The van der Waals surface area contributed by atoms with Crippen molar-refractivity contribution in [2.45, 2.75) is 0 Å². The molecule has 1 heterocycles. The van der Waals surface area contributed by atoms with Crippen LogP contribution >= 0.6 is 43.2 Å². The Morgan fingerprint density at radius 1 is 0.762 bits per heavy atom. The monoisotopic (exact) mass is 416 g/mol. The molecular weight excluding hydrogens is 408 g/mol. The maximum atomic E-state index is 3.79. The summed E-state index contributed by atoms with van der Waals surface area (Å²) < 4.78 is 3.61. The first-order valence-corrected chi connectivity index (χ1v) is 9.00. The summed E-state index contributed by atoms with van der Waals surface area (Å²) in [6.07, 6.45) is 0. The molecule has 21 heavy (non-hydrogen) atoms. The minimum atomic E-state index is 1.11. The van der Waals surface area contributed by atoms with E-state index in [0.29, 0.717) is 0 Å². The van der Waals surface area contributed by atoms with Gasteiger partial charge in [0.2, 0.25) is 0 Å². The molecule has 0 aliphatic rings. The molecule has 1 aromatic heterocycles. The van der Waals surface area contributed by atoms with Crippen LogP contribution in [0.5, 0.6) is 0 Å². The van der Waals surface area contributed by atoms with Gasteiger partial charge in [0.25, 0.3) is 0 Å². The molecule has 0 aliphatic carbocycles. The molecule has 0 spiro atoms. The van der Waals surface area contributed by atoms with Crippen LogP contribution in [0.4, 0.5) is 0 Å². The molecule has 0 saturated carbocycles. The minimum Gasteiger partial charge on any atom is -0.134 e. The van der Waals surface area contributed by atoms with E-state index >= 15 is 0 Å². The molecule has 0 amide bonds. The summed E-state index contributed by atoms with van der Waals surface area (Å²) in [5, 5.41) is 3.82. The number of fused-ring (bicyclic) bond motifs is 2. The largest absolute Gasteiger partial charge is 0.134 e. The smallest absolute Gasteiger partial charge is 0.0504 e. The lowest BCUT2D eigenvalue weighted by Crippen LogP contribution is -1.80. The van der Waals surface area contributed by atoms with E-state index in [0.717, 1.165) is 4.47 Å². The first-order chi connectivity index (χ1) is 10.2. The fraction of sp³-hybridized carbons (Fsp3) is 0. The molecule has 4 aromatic rings. The zero-order valence-corrected chi connectivity index (χ0v) is 14.9. The third-order valence-electron chi connectivity index (χ3n) is 3.61. The first-order valence-electron chi connectivity index (χ1n) is 6.60. The molecule has 3 heteroatoms. The lowest BCUT2D eigenvalue weighted by molar-refractivity contribution is 1.69. The van der Waals surface area contributed by atoms with Crippen molar-refractivity contribution in [3.8, 4) is 10.4 Å². The Kier molecular flexibility index (Phi) is 3.37. The van der Waals surface area contributed by atoms with Crippen molar-refractivity contribution in [2.24, 2.45) is 0 Å². The number of thiophene rings is 1. The van der Waals surface area contributed by atoms with Gasteiger partial charge in [-0.15, -0.1) is 11.3 Å². The number of hydrogen-bond acceptors (Lipinski definition) is 1. The molecular formula is C18H10Br2S. The molecule has 0 bridgehead atoms. The van der Waals surface area contributed by atoms with Crippen LogP contribution in [-0.2, 0) is 0 Å². The predicted octanol–water partition coefficient (Wildman–Crippen LogP) is 7.25. The molecule has 0 radical (unpaired) electrons. The fourth-order valence-electron chi connectivity index (χ4n) is 2.65. The standard InChI is InChI=1S/C18H10Br2S/c19-12-9-11-5-1-2-6-13(11)15(10-12)18-17(20)14-7-3-4-8-16(14)21-18/h1-10H. The summed E-state index contributed by atoms with van der Waals surface area (Å²) in [4.78, 5) is 1.29. The average Bonchev–Trinajstić information content (AvgIpc) is 2.84. The third-order valence-corrected chi connectivity index (χ3v) is 6.35. The van der Waals surface area contributed by atoms with Gasteiger partial charge in [-0.2, -0.15) is 0 Å². The normalized spacial score (nSPS) is 11.3. The summed E-state index contributed by atoms with van der Waals surface area (Å²) >= 11 is 9.27. The van der Waals surface area contributed by atoms with Crippen LogP contribution in [0.15, 0.2) is 69.6 Å². The van der Waals surface area contributed by atoms with Crippen molar-refractivity contribution in [1.29, 1.82) is 0 Å². The van der Waals surface area contributed by atoms with Gasteiger partial charge in [0.1, 0.15) is 0 Å². The van der Waals surface area contributed by atoms with Gasteiger partial charge in [0.05, 0.1) is 4.88 Å². The Morgan fingerprint density at radius 3 is 2.29 bits per heavy atom. The molecule has 0 saturated heterocycles. The Labute approximate surface area is 143 Å². The highest BCUT2D eigenvalue weighted by molar-refractivity contribution is 9.11. The van der Waals surface area contributed by atoms with Gasteiger partial charge in [-0.1, -0.05) is 58.4 Å². The maximum Gasteiger partial charge on any atom is 0.0504 e. The summed E-state index contributed by atoms with van der Waals surface area (Å²) in [5.41, 5.74) is 1.27. The Bertz CT molecular complexity index is 969. The topological polar surface area (TPSA) is 0 Å². The number of benzene rings is 3. The summed E-state index contributed by atoms with van der Waals surface area (Å²) in [5.74, 6) is 0. The zero-order valence-electron chi connectivity index (χ0n) is 10.9. The van der Waals surface area contributed by atoms with Crippen LogP contribution in [0.25, 0.3) is 31.3 Å². The summed E-state index contributed by atoms with van der Waals surface area (Å²) in [6, 6.07) is 21.4. The molecule has 3 aromatic carbocycles. The summed E-state index contributed by atoms with van der Waals surface area (Å²) in [6.45, 7) is 0. The van der Waals surface area contributed by atoms with Gasteiger partial charge in [-0.05, 0) is 44.9 Å². The highest BCUT2D eigenvalue weighted by Crippen LogP contribution is 2.45. The molecule has 0 N–H and O–H groups in total. The SMILES string of the molecule is Brc1cc(-c2sc3ccccc3c2Br)c2ccccc2c1. The van der Waals surface area contributed by atoms with Gasteiger partial charge < -0.3 is 0 Å². The number of halogens is 2. The van der Waals surface area contributed by atoms with E-state index in [-0.39, 0.29) is 0 Å². The number of hydrogen-bond donors (Lipinski definition) is 0. The average molecular weight is 418 g/mol. The highest BCUT2D eigenvalue weighted by Gasteiger charge is 2.14. The second-order valence-corrected chi connectivity index (χ2v) is 7.68. The van der Waals surface area contributed by atoms with Crippen molar-refractivity contribution >= 4 is 64.1 Å². The zero-order chi connectivity index (χ0) is 14.4. The van der Waals surface area contributed by atoms with E-state index in [9.17, 15) is 0 Å². The second-order valence-electron chi connectivity index (χ2n) is 4.92. The van der Waals surface area contributed by atoms with E-state index in [1.54, 1.807) is 0 Å². The van der Waals surface area contributed by atoms with E-state index in [1.807, 2.05) is 11.3 Å². The second kappa shape index (κ2) is 5.24. The molecule has 0 nitrogen and oxygen atoms in total. The molecule has 0 aliphatic heterocycles. The van der Waals surface area contributed by atoms with E-state index in [4.69, 9.17) is 0 Å². The quantitative estimate of drug-likeness (QED) is 0.306. The van der Waals surface area contributed by atoms with Gasteiger partial charge in [-0.3, -0.25) is 0 Å². The minimum absolute atomic E-state index is 1.11. The lowest BCUT2D eigenvalue weighted by atomic mass is 10.0. The lowest BCUT2D eigenvalue weighted by Gasteiger charge is -2.07. The molecule has 0 fully saturated rings. The predicted molar refractivity (Wildman–Crippen MR) is 100 cm³/mol. The van der Waals surface area contributed by atoms with Crippen molar-refractivity contribution in [2.75, 3.05) is 0 Å². The van der Waals surface area contributed by atoms with E-state index in [1.165, 1.54) is 35.8 Å². The van der Waals surface area contributed by atoms with Crippen LogP contribution in [0.3, 0.4) is 0 Å². The van der Waals surface area contributed by atoms with Crippen molar-refractivity contribution in [1.82, 2.24) is 0 Å². The van der Waals surface area contributed by atoms with Gasteiger partial charge in [-0.25, -0.2) is 0 Å². The van der Waals surface area contributed by atoms with Crippen molar-refractivity contribution in [3.05, 3.63) is 69.6 Å². The number of rotatable bonds is 1. The van der Waals surface area contributed by atoms with Crippen molar-refractivity contribution in [3.63, 3.8) is 0 Å². The molecule has 0 atom stereocenters. The molecule has 0 unspecified atom stereocenters. The van der Waals surface area contributed by atoms with Crippen LogP contribution in [0, 0.1) is 0 Å². The van der Waals surface area contributed by atoms with E-state index in [2.05, 4.69) is 92.5 Å². The van der Waals surface area contributed by atoms with Crippen LogP contribution in [0.1, 0.15) is 0 Å². The Morgan fingerprint density at radius 2 is 1.48 bits per heavy atom. The fourth-order valence-corrected chi connectivity index (χ4v) is 5.18. The molecule has 102 valence electrons.